The molecule has 0 atom stereocenters. The molecule has 0 bridgehead atoms. The second kappa shape index (κ2) is 10.9. The second-order valence-electron chi connectivity index (χ2n) is 7.95. The van der Waals surface area contributed by atoms with Crippen LogP contribution in [-0.2, 0) is 0 Å². The zero-order valence-corrected chi connectivity index (χ0v) is 15.4. The molecule has 0 aromatic rings. The minimum Gasteiger partial charge on any atom is -0.103 e. The van der Waals surface area contributed by atoms with Crippen LogP contribution in [0.25, 0.3) is 0 Å². The van der Waals surface area contributed by atoms with E-state index in [2.05, 4.69) is 43.9 Å². The van der Waals surface area contributed by atoms with Crippen LogP contribution in [0.4, 0.5) is 0 Å². The fourth-order valence-electron chi connectivity index (χ4n) is 4.50. The van der Waals surface area contributed by atoms with E-state index in [9.17, 15) is 0 Å². The number of hydrogen-bond donors (Lipinski definition) is 0. The number of hydrogen-bond acceptors (Lipinski definition) is 0. The predicted molar refractivity (Wildman–Crippen MR) is 104 cm³/mol. The highest BCUT2D eigenvalue weighted by Crippen LogP contribution is 2.34. The Labute approximate surface area is 145 Å². The van der Waals surface area contributed by atoms with E-state index in [-0.39, 0.29) is 0 Å². The molecule has 0 saturated heterocycles. The van der Waals surface area contributed by atoms with Crippen LogP contribution in [0.1, 0.15) is 84.0 Å². The van der Waals surface area contributed by atoms with Crippen molar-refractivity contribution in [1.82, 2.24) is 0 Å². The van der Waals surface area contributed by atoms with Gasteiger partial charge in [-0.25, -0.2) is 0 Å². The quantitative estimate of drug-likeness (QED) is 0.407. The van der Waals surface area contributed by atoms with Crippen LogP contribution < -0.4 is 0 Å². The Morgan fingerprint density at radius 1 is 0.739 bits per heavy atom. The molecule has 0 aliphatic heterocycles. The molecule has 2 aliphatic carbocycles. The van der Waals surface area contributed by atoms with Crippen molar-refractivity contribution in [3.8, 4) is 0 Å². The van der Waals surface area contributed by atoms with Crippen LogP contribution in [0.5, 0.6) is 0 Å². The smallest absolute Gasteiger partial charge is 0.0233 e. The Kier molecular flexibility index (Phi) is 8.79. The third kappa shape index (κ3) is 7.10. The van der Waals surface area contributed by atoms with Crippen molar-refractivity contribution in [2.45, 2.75) is 84.0 Å². The highest BCUT2D eigenvalue weighted by atomic mass is 14.3. The summed E-state index contributed by atoms with van der Waals surface area (Å²) in [6.07, 6.45) is 28.6. The Bertz CT molecular complexity index is 359. The van der Waals surface area contributed by atoms with E-state index in [1.54, 1.807) is 0 Å². The summed E-state index contributed by atoms with van der Waals surface area (Å²) < 4.78 is 0. The Morgan fingerprint density at radius 2 is 1.26 bits per heavy atom. The molecule has 0 aromatic heterocycles. The summed E-state index contributed by atoms with van der Waals surface area (Å²) in [6, 6.07) is 0. The summed E-state index contributed by atoms with van der Waals surface area (Å²) in [6.45, 7) is 6.08. The van der Waals surface area contributed by atoms with Crippen LogP contribution in [0, 0.1) is 23.7 Å². The molecule has 2 aliphatic rings. The van der Waals surface area contributed by atoms with Crippen molar-refractivity contribution < 1.29 is 0 Å². The van der Waals surface area contributed by atoms with Gasteiger partial charge in [-0.05, 0) is 82.0 Å². The van der Waals surface area contributed by atoms with Crippen molar-refractivity contribution in [1.29, 1.82) is 0 Å². The van der Waals surface area contributed by atoms with Gasteiger partial charge in [0.05, 0.1) is 0 Å². The van der Waals surface area contributed by atoms with Gasteiger partial charge in [0.15, 0.2) is 0 Å². The van der Waals surface area contributed by atoms with E-state index in [0.717, 1.165) is 23.7 Å². The average Bonchev–Trinajstić information content (AvgIpc) is 2.61. The normalized spacial score (nSPS) is 32.6. The maximum absolute atomic E-state index is 3.94. The molecule has 0 spiro atoms. The Hall–Kier alpha value is -0.780. The van der Waals surface area contributed by atoms with Gasteiger partial charge in [0, 0.05) is 0 Å². The van der Waals surface area contributed by atoms with Crippen LogP contribution in [0.2, 0.25) is 0 Å². The lowest BCUT2D eigenvalue weighted by Crippen LogP contribution is -2.14. The first-order valence-electron chi connectivity index (χ1n) is 10.2. The van der Waals surface area contributed by atoms with Gasteiger partial charge in [-0.3, -0.25) is 0 Å². The summed E-state index contributed by atoms with van der Waals surface area (Å²) in [4.78, 5) is 0. The molecule has 0 unspecified atom stereocenters. The minimum atomic E-state index is 0.794. The van der Waals surface area contributed by atoms with E-state index < -0.39 is 0 Å². The zero-order valence-electron chi connectivity index (χ0n) is 15.4. The number of rotatable bonds is 8. The molecule has 0 radical (unpaired) electrons. The van der Waals surface area contributed by atoms with Gasteiger partial charge in [-0.1, -0.05) is 56.1 Å². The average molecular weight is 315 g/mol. The molecule has 0 aromatic carbocycles. The highest BCUT2D eigenvalue weighted by molar-refractivity contribution is 4.94. The van der Waals surface area contributed by atoms with Crippen molar-refractivity contribution in [3.05, 3.63) is 37.0 Å². The number of allylic oxidation sites excluding steroid dienone is 5. The van der Waals surface area contributed by atoms with E-state index in [1.165, 1.54) is 77.0 Å². The SMILES string of the molecule is C=C[C@H]1CC[C@H](C=CCC[C@H]2CC[C@H](CCC=CC)CC2)CC1. The van der Waals surface area contributed by atoms with Crippen molar-refractivity contribution in [2.24, 2.45) is 23.7 Å². The van der Waals surface area contributed by atoms with Crippen molar-refractivity contribution in [2.75, 3.05) is 0 Å². The minimum absolute atomic E-state index is 0.794. The van der Waals surface area contributed by atoms with Gasteiger partial charge >= 0.3 is 0 Å². The molecule has 0 heteroatoms. The van der Waals surface area contributed by atoms with Crippen LogP contribution >= 0.6 is 0 Å². The van der Waals surface area contributed by atoms with Crippen molar-refractivity contribution >= 4 is 0 Å². The van der Waals surface area contributed by atoms with Crippen LogP contribution in [0.3, 0.4) is 0 Å². The maximum Gasteiger partial charge on any atom is -0.0233 e. The lowest BCUT2D eigenvalue weighted by Gasteiger charge is -2.28. The molecule has 0 nitrogen and oxygen atoms in total. The first kappa shape index (κ1) is 18.6. The van der Waals surface area contributed by atoms with Gasteiger partial charge in [-0.2, -0.15) is 0 Å². The molecule has 130 valence electrons. The third-order valence-electron chi connectivity index (χ3n) is 6.24. The summed E-state index contributed by atoms with van der Waals surface area (Å²) in [5.74, 6) is 3.67. The van der Waals surface area contributed by atoms with Gasteiger partial charge in [0.2, 0.25) is 0 Å². The van der Waals surface area contributed by atoms with Gasteiger partial charge in [0.25, 0.3) is 0 Å². The first-order chi connectivity index (χ1) is 11.3. The molecule has 0 heterocycles. The van der Waals surface area contributed by atoms with Gasteiger partial charge in [-0.15, -0.1) is 6.58 Å². The van der Waals surface area contributed by atoms with Gasteiger partial charge in [0.1, 0.15) is 0 Å². The summed E-state index contributed by atoms with van der Waals surface area (Å²) in [5, 5.41) is 0. The maximum atomic E-state index is 3.94. The van der Waals surface area contributed by atoms with E-state index >= 15 is 0 Å². The highest BCUT2D eigenvalue weighted by Gasteiger charge is 2.20. The molecule has 23 heavy (non-hydrogen) atoms. The molecule has 2 rings (SSSR count). The fourth-order valence-corrected chi connectivity index (χ4v) is 4.50. The standard InChI is InChI=1S/C23H38/c1-3-5-6-9-21-16-18-23(19-17-21)11-8-7-10-22-14-12-20(4-2)13-15-22/h3-5,7,10,20-23H,2,6,8-9,11-19H2,1H3/t20-,21-,22-,23-. The largest absolute Gasteiger partial charge is 0.103 e. The molecular weight excluding hydrogens is 276 g/mol. The molecule has 2 saturated carbocycles. The zero-order chi connectivity index (χ0) is 16.3. The Balaban J connectivity index is 1.53. The summed E-state index contributed by atoms with van der Waals surface area (Å²) >= 11 is 0. The Morgan fingerprint density at radius 3 is 1.78 bits per heavy atom. The van der Waals surface area contributed by atoms with E-state index in [0.29, 0.717) is 0 Å². The lowest BCUT2D eigenvalue weighted by atomic mass is 9.78. The molecule has 2 fully saturated rings. The monoisotopic (exact) mass is 314 g/mol. The lowest BCUT2D eigenvalue weighted by molar-refractivity contribution is 0.255. The second-order valence-corrected chi connectivity index (χ2v) is 7.95. The molecule has 0 N–H and O–H groups in total. The summed E-state index contributed by atoms with van der Waals surface area (Å²) in [5.41, 5.74) is 0. The summed E-state index contributed by atoms with van der Waals surface area (Å²) in [7, 11) is 0. The topological polar surface area (TPSA) is 0 Å². The van der Waals surface area contributed by atoms with Crippen molar-refractivity contribution in [3.63, 3.8) is 0 Å². The third-order valence-corrected chi connectivity index (χ3v) is 6.24. The fraction of sp³-hybridized carbons (Fsp3) is 0.739. The first-order valence-corrected chi connectivity index (χ1v) is 10.2. The molecular formula is C23H38. The predicted octanol–water partition coefficient (Wildman–Crippen LogP) is 7.48. The van der Waals surface area contributed by atoms with Crippen LogP contribution in [-0.4, -0.2) is 0 Å². The molecule has 0 amide bonds. The van der Waals surface area contributed by atoms with E-state index in [1.807, 2.05) is 0 Å². The van der Waals surface area contributed by atoms with Crippen LogP contribution in [0.15, 0.2) is 37.0 Å². The van der Waals surface area contributed by atoms with Gasteiger partial charge < -0.3 is 0 Å². The van der Waals surface area contributed by atoms with E-state index in [4.69, 9.17) is 0 Å².